The standard InChI is InChI=1S/C17H29NO/c1-14(2)18-13-17(10-11-19-15(3)4)12-16-8-6-5-7-9-16/h5-9,14-15,17-18H,10-13H2,1-4H3. The molecule has 0 saturated carbocycles. The van der Waals surface area contributed by atoms with Gasteiger partial charge in [-0.3, -0.25) is 0 Å². The van der Waals surface area contributed by atoms with E-state index in [1.807, 2.05) is 0 Å². The maximum Gasteiger partial charge on any atom is 0.0518 e. The summed E-state index contributed by atoms with van der Waals surface area (Å²) in [5, 5.41) is 3.55. The minimum atomic E-state index is 0.329. The average Bonchev–Trinajstić information content (AvgIpc) is 2.36. The van der Waals surface area contributed by atoms with Crippen LogP contribution in [-0.2, 0) is 11.2 Å². The van der Waals surface area contributed by atoms with E-state index in [1.165, 1.54) is 5.56 Å². The molecule has 0 aromatic heterocycles. The minimum Gasteiger partial charge on any atom is -0.379 e. The van der Waals surface area contributed by atoms with Gasteiger partial charge in [-0.2, -0.15) is 0 Å². The lowest BCUT2D eigenvalue weighted by atomic mass is 9.96. The molecular weight excluding hydrogens is 234 g/mol. The third kappa shape index (κ3) is 8.02. The minimum absolute atomic E-state index is 0.329. The van der Waals surface area contributed by atoms with Crippen LogP contribution in [0.5, 0.6) is 0 Å². The molecule has 1 unspecified atom stereocenters. The summed E-state index contributed by atoms with van der Waals surface area (Å²) in [5.74, 6) is 0.642. The Hall–Kier alpha value is -0.860. The van der Waals surface area contributed by atoms with Crippen LogP contribution in [0.2, 0.25) is 0 Å². The molecule has 0 heterocycles. The highest BCUT2D eigenvalue weighted by Gasteiger charge is 2.11. The molecule has 1 rings (SSSR count). The van der Waals surface area contributed by atoms with Gasteiger partial charge in [0, 0.05) is 12.6 Å². The molecule has 0 aliphatic heterocycles. The molecule has 0 fully saturated rings. The zero-order valence-corrected chi connectivity index (χ0v) is 12.9. The second-order valence-electron chi connectivity index (χ2n) is 5.83. The molecular formula is C17H29NO. The third-order valence-corrected chi connectivity index (χ3v) is 3.16. The van der Waals surface area contributed by atoms with Gasteiger partial charge in [-0.25, -0.2) is 0 Å². The lowest BCUT2D eigenvalue weighted by Crippen LogP contribution is -2.30. The average molecular weight is 263 g/mol. The van der Waals surface area contributed by atoms with Gasteiger partial charge in [0.1, 0.15) is 0 Å². The summed E-state index contributed by atoms with van der Waals surface area (Å²) in [5.41, 5.74) is 1.42. The summed E-state index contributed by atoms with van der Waals surface area (Å²) in [4.78, 5) is 0. The summed E-state index contributed by atoms with van der Waals surface area (Å²) >= 11 is 0. The zero-order valence-electron chi connectivity index (χ0n) is 12.9. The van der Waals surface area contributed by atoms with E-state index in [2.05, 4.69) is 63.3 Å². The highest BCUT2D eigenvalue weighted by Crippen LogP contribution is 2.12. The van der Waals surface area contributed by atoms with Gasteiger partial charge in [0.15, 0.2) is 0 Å². The van der Waals surface area contributed by atoms with Gasteiger partial charge >= 0.3 is 0 Å². The second-order valence-corrected chi connectivity index (χ2v) is 5.83. The molecule has 0 aliphatic rings. The first-order chi connectivity index (χ1) is 9.08. The van der Waals surface area contributed by atoms with Gasteiger partial charge in [-0.05, 0) is 44.7 Å². The molecule has 2 heteroatoms. The summed E-state index contributed by atoms with van der Waals surface area (Å²) < 4.78 is 5.69. The molecule has 2 nitrogen and oxygen atoms in total. The van der Waals surface area contributed by atoms with Crippen molar-refractivity contribution in [2.45, 2.75) is 52.7 Å². The molecule has 1 aromatic carbocycles. The Kier molecular flexibility index (Phi) is 7.76. The van der Waals surface area contributed by atoms with Crippen molar-refractivity contribution in [1.82, 2.24) is 5.32 Å². The van der Waals surface area contributed by atoms with Gasteiger partial charge < -0.3 is 10.1 Å². The lowest BCUT2D eigenvalue weighted by Gasteiger charge is -2.20. The highest BCUT2D eigenvalue weighted by atomic mass is 16.5. The third-order valence-electron chi connectivity index (χ3n) is 3.16. The van der Waals surface area contributed by atoms with Gasteiger partial charge in [0.25, 0.3) is 0 Å². The van der Waals surface area contributed by atoms with Crippen LogP contribution >= 0.6 is 0 Å². The highest BCUT2D eigenvalue weighted by molar-refractivity contribution is 5.15. The molecule has 0 amide bonds. The van der Waals surface area contributed by atoms with Gasteiger partial charge in [0.2, 0.25) is 0 Å². The number of nitrogens with one attached hydrogen (secondary N) is 1. The Morgan fingerprint density at radius 1 is 1.05 bits per heavy atom. The van der Waals surface area contributed by atoms with Crippen LogP contribution < -0.4 is 5.32 Å². The smallest absolute Gasteiger partial charge is 0.0518 e. The fraction of sp³-hybridized carbons (Fsp3) is 0.647. The monoisotopic (exact) mass is 263 g/mol. The summed E-state index contributed by atoms with van der Waals surface area (Å²) in [6, 6.07) is 11.3. The maximum atomic E-state index is 5.69. The van der Waals surface area contributed by atoms with Crippen LogP contribution in [0.4, 0.5) is 0 Å². The Bertz CT molecular complexity index is 321. The van der Waals surface area contributed by atoms with Crippen molar-refractivity contribution in [1.29, 1.82) is 0 Å². The van der Waals surface area contributed by atoms with E-state index >= 15 is 0 Å². The maximum absolute atomic E-state index is 5.69. The zero-order chi connectivity index (χ0) is 14.1. The fourth-order valence-corrected chi connectivity index (χ4v) is 2.10. The van der Waals surface area contributed by atoms with E-state index < -0.39 is 0 Å². The number of hydrogen-bond acceptors (Lipinski definition) is 2. The van der Waals surface area contributed by atoms with Crippen LogP contribution in [0.1, 0.15) is 39.7 Å². The molecule has 19 heavy (non-hydrogen) atoms. The first-order valence-electron chi connectivity index (χ1n) is 7.46. The lowest BCUT2D eigenvalue weighted by molar-refractivity contribution is 0.0681. The van der Waals surface area contributed by atoms with E-state index in [-0.39, 0.29) is 0 Å². The number of rotatable bonds is 9. The molecule has 0 aliphatic carbocycles. The number of benzene rings is 1. The molecule has 108 valence electrons. The summed E-state index contributed by atoms with van der Waals surface area (Å²) in [6.07, 6.45) is 2.57. The number of ether oxygens (including phenoxy) is 1. The predicted molar refractivity (Wildman–Crippen MR) is 82.5 cm³/mol. The van der Waals surface area contributed by atoms with Crippen LogP contribution in [0.3, 0.4) is 0 Å². The normalized spacial score (nSPS) is 13.2. The Morgan fingerprint density at radius 2 is 1.74 bits per heavy atom. The molecule has 0 radical (unpaired) electrons. The van der Waals surface area contributed by atoms with Crippen molar-refractivity contribution in [3.63, 3.8) is 0 Å². The van der Waals surface area contributed by atoms with Crippen molar-refractivity contribution in [3.8, 4) is 0 Å². The SMILES string of the molecule is CC(C)NCC(CCOC(C)C)Cc1ccccc1. The van der Waals surface area contributed by atoms with E-state index in [0.717, 1.165) is 26.0 Å². The van der Waals surface area contributed by atoms with Crippen molar-refractivity contribution in [2.75, 3.05) is 13.2 Å². The molecule has 0 spiro atoms. The molecule has 1 atom stereocenters. The first-order valence-corrected chi connectivity index (χ1v) is 7.46. The van der Waals surface area contributed by atoms with E-state index in [0.29, 0.717) is 18.1 Å². The Morgan fingerprint density at radius 3 is 2.32 bits per heavy atom. The van der Waals surface area contributed by atoms with Crippen LogP contribution in [0.15, 0.2) is 30.3 Å². The van der Waals surface area contributed by atoms with Gasteiger partial charge in [0.05, 0.1) is 6.10 Å². The largest absolute Gasteiger partial charge is 0.379 e. The number of hydrogen-bond donors (Lipinski definition) is 1. The molecule has 0 saturated heterocycles. The van der Waals surface area contributed by atoms with Gasteiger partial charge in [-0.15, -0.1) is 0 Å². The molecule has 0 bridgehead atoms. The second kappa shape index (κ2) is 9.11. The van der Waals surface area contributed by atoms with Crippen molar-refractivity contribution in [3.05, 3.63) is 35.9 Å². The molecule has 1 N–H and O–H groups in total. The van der Waals surface area contributed by atoms with Crippen LogP contribution in [0, 0.1) is 5.92 Å². The Balaban J connectivity index is 2.43. The van der Waals surface area contributed by atoms with Crippen molar-refractivity contribution >= 4 is 0 Å². The van der Waals surface area contributed by atoms with Crippen LogP contribution in [-0.4, -0.2) is 25.3 Å². The summed E-state index contributed by atoms with van der Waals surface area (Å²) in [6.45, 7) is 10.5. The quantitative estimate of drug-likeness (QED) is 0.734. The fourth-order valence-electron chi connectivity index (χ4n) is 2.10. The Labute approximate surface area is 118 Å². The molecule has 1 aromatic rings. The van der Waals surface area contributed by atoms with E-state index in [4.69, 9.17) is 4.74 Å². The van der Waals surface area contributed by atoms with E-state index in [1.54, 1.807) is 0 Å². The summed E-state index contributed by atoms with van der Waals surface area (Å²) in [7, 11) is 0. The van der Waals surface area contributed by atoms with Crippen molar-refractivity contribution in [2.24, 2.45) is 5.92 Å². The van der Waals surface area contributed by atoms with Crippen LogP contribution in [0.25, 0.3) is 0 Å². The van der Waals surface area contributed by atoms with Gasteiger partial charge in [-0.1, -0.05) is 44.2 Å². The van der Waals surface area contributed by atoms with Crippen molar-refractivity contribution < 1.29 is 4.74 Å². The van der Waals surface area contributed by atoms with E-state index in [9.17, 15) is 0 Å². The first kappa shape index (κ1) is 16.2. The topological polar surface area (TPSA) is 21.3 Å². The predicted octanol–water partition coefficient (Wildman–Crippen LogP) is 3.66.